The lowest BCUT2D eigenvalue weighted by Crippen LogP contribution is -2.44. The van der Waals surface area contributed by atoms with Crippen LogP contribution in [0, 0.1) is 11.8 Å². The first-order valence-corrected chi connectivity index (χ1v) is 11.3. The van der Waals surface area contributed by atoms with Gasteiger partial charge in [0.05, 0.1) is 12.7 Å². The Labute approximate surface area is 168 Å². The van der Waals surface area contributed by atoms with Crippen molar-refractivity contribution in [1.29, 1.82) is 0 Å². The molecule has 0 saturated carbocycles. The van der Waals surface area contributed by atoms with Gasteiger partial charge in [0.25, 0.3) is 0 Å². The summed E-state index contributed by atoms with van der Waals surface area (Å²) in [6.07, 6.45) is 7.22. The predicted molar refractivity (Wildman–Crippen MR) is 114 cm³/mol. The minimum atomic E-state index is 0. The fraction of sp³-hybridized carbons (Fsp3) is 0.955. The molecule has 2 fully saturated rings. The molecule has 5 heteroatoms. The second kappa shape index (κ2) is 12.0. The fourth-order valence-corrected chi connectivity index (χ4v) is 4.39. The number of amides is 1. The highest BCUT2D eigenvalue weighted by Gasteiger charge is 2.26. The number of carbonyl (C=O) groups excluding carboxylic acids is 1. The number of ether oxygens (including phenoxy) is 1. The minimum absolute atomic E-state index is 0. The van der Waals surface area contributed by atoms with E-state index >= 15 is 0 Å². The molecule has 0 aromatic carbocycles. The zero-order valence-electron chi connectivity index (χ0n) is 18.2. The highest BCUT2D eigenvalue weighted by molar-refractivity contribution is 5.76. The third-order valence-electron chi connectivity index (χ3n) is 6.44. The molecule has 0 bridgehead atoms. The number of carbonyl (C=O) groups is 1. The van der Waals surface area contributed by atoms with Crippen molar-refractivity contribution >= 4 is 5.91 Å². The van der Waals surface area contributed by atoms with Crippen LogP contribution in [0.4, 0.5) is 0 Å². The number of nitrogens with one attached hydrogen (secondary N) is 1. The van der Waals surface area contributed by atoms with E-state index in [1.54, 1.807) is 0 Å². The maximum atomic E-state index is 12.1. The Balaban J connectivity index is 0.00000392. The molecule has 160 valence electrons. The van der Waals surface area contributed by atoms with Crippen molar-refractivity contribution in [3.8, 4) is 0 Å². The first-order chi connectivity index (χ1) is 13.0. The molecular formula is C22H45N3O2. The van der Waals surface area contributed by atoms with Crippen LogP contribution < -0.4 is 5.32 Å². The summed E-state index contributed by atoms with van der Waals surface area (Å²) < 4.78 is 5.47. The Morgan fingerprint density at radius 2 is 1.70 bits per heavy atom. The molecule has 1 atom stereocenters. The van der Waals surface area contributed by atoms with Gasteiger partial charge < -0.3 is 19.9 Å². The average Bonchev–Trinajstić information content (AvgIpc) is 2.66. The lowest BCUT2D eigenvalue weighted by Gasteiger charge is -2.39. The molecule has 0 aromatic heterocycles. The van der Waals surface area contributed by atoms with Crippen LogP contribution >= 0.6 is 0 Å². The van der Waals surface area contributed by atoms with E-state index in [-0.39, 0.29) is 13.4 Å². The molecule has 2 rings (SSSR count). The topological polar surface area (TPSA) is 44.8 Å². The predicted octanol–water partition coefficient (Wildman–Crippen LogP) is 3.39. The highest BCUT2D eigenvalue weighted by atomic mass is 16.5. The zero-order valence-corrected chi connectivity index (χ0v) is 18.2. The van der Waals surface area contributed by atoms with Gasteiger partial charge in [-0.25, -0.2) is 0 Å². The van der Waals surface area contributed by atoms with Gasteiger partial charge in [0.2, 0.25) is 5.91 Å². The van der Waals surface area contributed by atoms with E-state index in [1.807, 2.05) is 13.8 Å². The Morgan fingerprint density at radius 1 is 1.07 bits per heavy atom. The van der Waals surface area contributed by atoms with E-state index < -0.39 is 0 Å². The summed E-state index contributed by atoms with van der Waals surface area (Å²) >= 11 is 0. The standard InChI is InChI=1S/C22H43N3O2.H2/c1-5-19(4)25-13-8-21(9-14-25)17-24-11-6-20(7-12-24)16-22(26)23-10-15-27-18(2)3;/h18-21H,5-17H2,1-4H3,(H,23,26);1H. The highest BCUT2D eigenvalue weighted by Crippen LogP contribution is 2.25. The molecule has 27 heavy (non-hydrogen) atoms. The number of piperidine rings is 2. The van der Waals surface area contributed by atoms with Crippen LogP contribution in [0.1, 0.15) is 67.6 Å². The van der Waals surface area contributed by atoms with Gasteiger partial charge in [-0.15, -0.1) is 0 Å². The monoisotopic (exact) mass is 383 g/mol. The normalized spacial score (nSPS) is 22.3. The second-order valence-electron chi connectivity index (χ2n) is 8.95. The van der Waals surface area contributed by atoms with Crippen molar-refractivity contribution in [1.82, 2.24) is 15.1 Å². The smallest absolute Gasteiger partial charge is 0.220 e. The lowest BCUT2D eigenvalue weighted by molar-refractivity contribution is -0.122. The summed E-state index contributed by atoms with van der Waals surface area (Å²) in [7, 11) is 0. The van der Waals surface area contributed by atoms with E-state index in [4.69, 9.17) is 4.74 Å². The number of hydrogen-bond donors (Lipinski definition) is 1. The van der Waals surface area contributed by atoms with Crippen LogP contribution in [-0.4, -0.2) is 73.7 Å². The summed E-state index contributed by atoms with van der Waals surface area (Å²) in [4.78, 5) is 17.4. The van der Waals surface area contributed by atoms with Crippen LogP contribution in [0.15, 0.2) is 0 Å². The van der Waals surface area contributed by atoms with Crippen LogP contribution in [0.5, 0.6) is 0 Å². The maximum Gasteiger partial charge on any atom is 0.220 e. The Hall–Kier alpha value is -0.650. The van der Waals surface area contributed by atoms with Crippen LogP contribution in [0.2, 0.25) is 0 Å². The molecule has 1 amide bonds. The molecule has 2 heterocycles. The maximum absolute atomic E-state index is 12.1. The Morgan fingerprint density at radius 3 is 2.30 bits per heavy atom. The number of nitrogens with zero attached hydrogens (tertiary/aromatic N) is 2. The van der Waals surface area contributed by atoms with Crippen LogP contribution in [-0.2, 0) is 9.53 Å². The van der Waals surface area contributed by atoms with Crippen molar-refractivity contribution in [2.45, 2.75) is 78.4 Å². The number of likely N-dealkylation sites (tertiary alicyclic amines) is 2. The van der Waals surface area contributed by atoms with Gasteiger partial charge in [0.15, 0.2) is 0 Å². The zero-order chi connectivity index (χ0) is 19.6. The van der Waals surface area contributed by atoms with Crippen LogP contribution in [0.25, 0.3) is 0 Å². The fourth-order valence-electron chi connectivity index (χ4n) is 4.39. The van der Waals surface area contributed by atoms with Crippen molar-refractivity contribution in [3.05, 3.63) is 0 Å². The van der Waals surface area contributed by atoms with E-state index in [1.165, 1.54) is 64.8 Å². The molecule has 1 unspecified atom stereocenters. The summed E-state index contributed by atoms with van der Waals surface area (Å²) in [5.41, 5.74) is 0. The molecule has 0 aromatic rings. The van der Waals surface area contributed by atoms with Gasteiger partial charge in [-0.1, -0.05) is 6.92 Å². The van der Waals surface area contributed by atoms with Crippen molar-refractivity contribution in [2.24, 2.45) is 11.8 Å². The molecule has 0 radical (unpaired) electrons. The molecule has 2 saturated heterocycles. The van der Waals surface area contributed by atoms with E-state index in [0.717, 1.165) is 12.0 Å². The summed E-state index contributed by atoms with van der Waals surface area (Å²) in [6, 6.07) is 0.741. The molecule has 1 N–H and O–H groups in total. The summed E-state index contributed by atoms with van der Waals surface area (Å²) in [5.74, 6) is 1.61. The SMILES string of the molecule is CCC(C)N1CCC(CN2CCC(CC(=O)NCCOC(C)C)CC2)CC1.[HH]. The third kappa shape index (κ3) is 8.49. The summed E-state index contributed by atoms with van der Waals surface area (Å²) in [5, 5.41) is 3.00. The van der Waals surface area contributed by atoms with Gasteiger partial charge in [-0.3, -0.25) is 4.79 Å². The van der Waals surface area contributed by atoms with E-state index in [0.29, 0.717) is 25.5 Å². The molecule has 0 spiro atoms. The van der Waals surface area contributed by atoms with Gasteiger partial charge in [0.1, 0.15) is 0 Å². The van der Waals surface area contributed by atoms with Gasteiger partial charge >= 0.3 is 0 Å². The van der Waals surface area contributed by atoms with E-state index in [2.05, 4.69) is 29.0 Å². The molecule has 0 aliphatic carbocycles. The third-order valence-corrected chi connectivity index (χ3v) is 6.44. The van der Waals surface area contributed by atoms with Crippen molar-refractivity contribution in [3.63, 3.8) is 0 Å². The minimum Gasteiger partial charge on any atom is -0.377 e. The molecule has 2 aliphatic heterocycles. The quantitative estimate of drug-likeness (QED) is 0.587. The Bertz CT molecular complexity index is 420. The van der Waals surface area contributed by atoms with E-state index in [9.17, 15) is 4.79 Å². The van der Waals surface area contributed by atoms with Crippen LogP contribution in [0.3, 0.4) is 0 Å². The largest absolute Gasteiger partial charge is 0.377 e. The van der Waals surface area contributed by atoms with Crippen molar-refractivity contribution < 1.29 is 11.0 Å². The molecule has 5 nitrogen and oxygen atoms in total. The summed E-state index contributed by atoms with van der Waals surface area (Å²) in [6.45, 7) is 16.1. The second-order valence-corrected chi connectivity index (χ2v) is 8.95. The Kier molecular flexibility index (Phi) is 10.1. The van der Waals surface area contributed by atoms with Gasteiger partial charge in [0, 0.05) is 27.0 Å². The van der Waals surface area contributed by atoms with Gasteiger partial charge in [-0.05, 0) is 90.9 Å². The first-order valence-electron chi connectivity index (χ1n) is 11.3. The molecule has 2 aliphatic rings. The first kappa shape index (κ1) is 22.6. The lowest BCUT2D eigenvalue weighted by atomic mass is 9.90. The number of rotatable bonds is 10. The van der Waals surface area contributed by atoms with Crippen molar-refractivity contribution in [2.75, 3.05) is 45.9 Å². The number of hydrogen-bond acceptors (Lipinski definition) is 4. The van der Waals surface area contributed by atoms with Gasteiger partial charge in [-0.2, -0.15) is 0 Å². The molecular weight excluding hydrogens is 338 g/mol. The average molecular weight is 384 g/mol.